The minimum Gasteiger partial charge on any atom is -0.331 e. The Morgan fingerprint density at radius 3 is 2.52 bits per heavy atom. The van der Waals surface area contributed by atoms with Crippen LogP contribution in [-0.2, 0) is 16.4 Å². The fourth-order valence-corrected chi connectivity index (χ4v) is 5.73. The Morgan fingerprint density at radius 2 is 1.83 bits per heavy atom. The molecule has 1 N–H and O–H groups in total. The zero-order chi connectivity index (χ0) is 20.4. The maximum absolute atomic E-state index is 13.1. The van der Waals surface area contributed by atoms with Crippen molar-refractivity contribution >= 4 is 33.0 Å². The molecule has 1 aliphatic heterocycles. The molecule has 1 atom stereocenters. The standard InChI is InChI=1S/C22H22N2O3S2/c1-2-20-19-13-15-28-21(19)12-14-24(20)22(25)16-8-10-18(11-9-16)29(26,27)23-17-6-4-3-5-7-17/h3-11,13,15,20,23H,2,12,14H2,1H3. The maximum Gasteiger partial charge on any atom is 0.261 e. The van der Waals surface area contributed by atoms with Gasteiger partial charge in [-0.15, -0.1) is 11.3 Å². The highest BCUT2D eigenvalue weighted by Crippen LogP contribution is 2.36. The first kappa shape index (κ1) is 19.7. The minimum absolute atomic E-state index is 0.0614. The van der Waals surface area contributed by atoms with Gasteiger partial charge < -0.3 is 4.90 Å². The first-order valence-corrected chi connectivity index (χ1v) is 11.9. The first-order chi connectivity index (χ1) is 14.0. The summed E-state index contributed by atoms with van der Waals surface area (Å²) in [5.74, 6) is -0.0614. The summed E-state index contributed by atoms with van der Waals surface area (Å²) >= 11 is 1.75. The summed E-state index contributed by atoms with van der Waals surface area (Å²) in [5, 5.41) is 2.08. The minimum atomic E-state index is -3.70. The molecular weight excluding hydrogens is 404 g/mol. The average molecular weight is 427 g/mol. The summed E-state index contributed by atoms with van der Waals surface area (Å²) in [6, 6.07) is 17.1. The molecule has 3 aromatic rings. The van der Waals surface area contributed by atoms with Gasteiger partial charge in [-0.05, 0) is 66.2 Å². The van der Waals surface area contributed by atoms with Crippen molar-refractivity contribution in [2.24, 2.45) is 0 Å². The fraction of sp³-hybridized carbons (Fsp3) is 0.227. The molecule has 1 aromatic heterocycles. The predicted octanol–water partition coefficient (Wildman–Crippen LogP) is 4.70. The molecule has 0 spiro atoms. The van der Waals surface area contributed by atoms with Gasteiger partial charge in [-0.2, -0.15) is 0 Å². The molecule has 4 rings (SSSR count). The topological polar surface area (TPSA) is 66.5 Å². The average Bonchev–Trinajstić information content (AvgIpc) is 3.22. The molecule has 0 saturated heterocycles. The second kappa shape index (κ2) is 8.00. The number of sulfonamides is 1. The van der Waals surface area contributed by atoms with E-state index in [1.54, 1.807) is 47.7 Å². The molecule has 7 heteroatoms. The zero-order valence-corrected chi connectivity index (χ0v) is 17.7. The Kier molecular flexibility index (Phi) is 5.43. The molecule has 5 nitrogen and oxygen atoms in total. The maximum atomic E-state index is 13.1. The van der Waals surface area contributed by atoms with Crippen LogP contribution >= 0.6 is 11.3 Å². The van der Waals surface area contributed by atoms with E-state index in [9.17, 15) is 13.2 Å². The monoisotopic (exact) mass is 426 g/mol. The van der Waals surface area contributed by atoms with Crippen molar-refractivity contribution in [2.75, 3.05) is 11.3 Å². The SMILES string of the molecule is CCC1c2ccsc2CCN1C(=O)c1ccc(S(=O)(=O)Nc2ccccc2)cc1. The summed E-state index contributed by atoms with van der Waals surface area (Å²) in [5.41, 5.74) is 2.24. The lowest BCUT2D eigenvalue weighted by Gasteiger charge is -2.35. The second-order valence-electron chi connectivity index (χ2n) is 6.97. The Labute approximate surface area is 175 Å². The van der Waals surface area contributed by atoms with E-state index in [2.05, 4.69) is 23.1 Å². The van der Waals surface area contributed by atoms with Crippen molar-refractivity contribution < 1.29 is 13.2 Å². The van der Waals surface area contributed by atoms with Gasteiger partial charge in [0, 0.05) is 22.7 Å². The van der Waals surface area contributed by atoms with Crippen molar-refractivity contribution in [1.82, 2.24) is 4.90 Å². The van der Waals surface area contributed by atoms with E-state index < -0.39 is 10.0 Å². The van der Waals surface area contributed by atoms with Crippen molar-refractivity contribution in [1.29, 1.82) is 0 Å². The number of anilines is 1. The van der Waals surface area contributed by atoms with Gasteiger partial charge in [-0.3, -0.25) is 9.52 Å². The van der Waals surface area contributed by atoms with Crippen LogP contribution in [0.2, 0.25) is 0 Å². The normalized spacial score (nSPS) is 16.3. The van der Waals surface area contributed by atoms with E-state index in [0.29, 0.717) is 17.8 Å². The van der Waals surface area contributed by atoms with E-state index in [1.807, 2.05) is 11.0 Å². The number of nitrogens with zero attached hydrogens (tertiary/aromatic N) is 1. The number of para-hydroxylation sites is 1. The lowest BCUT2D eigenvalue weighted by atomic mass is 9.97. The third-order valence-corrected chi connectivity index (χ3v) is 7.57. The van der Waals surface area contributed by atoms with Crippen molar-refractivity contribution in [3.8, 4) is 0 Å². The molecule has 29 heavy (non-hydrogen) atoms. The van der Waals surface area contributed by atoms with Crippen LogP contribution in [0.3, 0.4) is 0 Å². The van der Waals surface area contributed by atoms with Gasteiger partial charge in [0.2, 0.25) is 0 Å². The second-order valence-corrected chi connectivity index (χ2v) is 9.65. The summed E-state index contributed by atoms with van der Waals surface area (Å²) in [6.07, 6.45) is 1.71. The number of hydrogen-bond donors (Lipinski definition) is 1. The third-order valence-electron chi connectivity index (χ3n) is 5.18. The lowest BCUT2D eigenvalue weighted by molar-refractivity contribution is 0.0657. The van der Waals surface area contributed by atoms with Gasteiger partial charge in [0.25, 0.3) is 15.9 Å². The lowest BCUT2D eigenvalue weighted by Crippen LogP contribution is -2.39. The van der Waals surface area contributed by atoms with E-state index >= 15 is 0 Å². The van der Waals surface area contributed by atoms with Gasteiger partial charge in [0.15, 0.2) is 0 Å². The molecule has 1 aliphatic rings. The van der Waals surface area contributed by atoms with Crippen molar-refractivity contribution in [3.05, 3.63) is 82.0 Å². The molecule has 0 aliphatic carbocycles. The van der Waals surface area contributed by atoms with E-state index in [-0.39, 0.29) is 16.8 Å². The highest BCUT2D eigenvalue weighted by Gasteiger charge is 2.31. The van der Waals surface area contributed by atoms with Crippen molar-refractivity contribution in [2.45, 2.75) is 30.7 Å². The van der Waals surface area contributed by atoms with Gasteiger partial charge in [-0.25, -0.2) is 8.42 Å². The van der Waals surface area contributed by atoms with Crippen LogP contribution in [0.4, 0.5) is 5.69 Å². The number of amides is 1. The molecule has 0 radical (unpaired) electrons. The summed E-state index contributed by atoms with van der Waals surface area (Å²) < 4.78 is 27.7. The first-order valence-electron chi connectivity index (χ1n) is 9.55. The van der Waals surface area contributed by atoms with E-state index in [1.165, 1.54) is 22.6 Å². The summed E-state index contributed by atoms with van der Waals surface area (Å²) in [6.45, 7) is 2.77. The number of hydrogen-bond acceptors (Lipinski definition) is 4. The Bertz CT molecular complexity index is 1110. The van der Waals surface area contributed by atoms with Gasteiger partial charge in [0.1, 0.15) is 0 Å². The van der Waals surface area contributed by atoms with Gasteiger partial charge in [0.05, 0.1) is 10.9 Å². The number of fused-ring (bicyclic) bond motifs is 1. The van der Waals surface area contributed by atoms with E-state index in [0.717, 1.165) is 12.8 Å². The molecule has 1 amide bonds. The quantitative estimate of drug-likeness (QED) is 0.643. The highest BCUT2D eigenvalue weighted by atomic mass is 32.2. The van der Waals surface area contributed by atoms with Crippen LogP contribution in [0.25, 0.3) is 0 Å². The molecule has 0 bridgehead atoms. The third kappa shape index (κ3) is 3.93. The Morgan fingerprint density at radius 1 is 1.10 bits per heavy atom. The zero-order valence-electron chi connectivity index (χ0n) is 16.0. The number of nitrogens with one attached hydrogen (secondary N) is 1. The van der Waals surface area contributed by atoms with Crippen LogP contribution < -0.4 is 4.72 Å². The number of benzene rings is 2. The van der Waals surface area contributed by atoms with Crippen LogP contribution in [0.1, 0.15) is 40.2 Å². The van der Waals surface area contributed by atoms with Crippen LogP contribution in [0.5, 0.6) is 0 Å². The Hall–Kier alpha value is -2.64. The smallest absolute Gasteiger partial charge is 0.261 e. The number of rotatable bonds is 5. The largest absolute Gasteiger partial charge is 0.331 e. The molecule has 2 heterocycles. The molecule has 2 aromatic carbocycles. The number of thiophene rings is 1. The van der Waals surface area contributed by atoms with Gasteiger partial charge >= 0.3 is 0 Å². The Balaban J connectivity index is 1.54. The van der Waals surface area contributed by atoms with Crippen molar-refractivity contribution in [3.63, 3.8) is 0 Å². The molecule has 1 unspecified atom stereocenters. The summed E-state index contributed by atoms with van der Waals surface area (Å²) in [4.78, 5) is 16.5. The summed E-state index contributed by atoms with van der Waals surface area (Å²) in [7, 11) is -3.70. The molecule has 0 fully saturated rings. The molecule has 0 saturated carbocycles. The van der Waals surface area contributed by atoms with Crippen LogP contribution in [0, 0.1) is 0 Å². The van der Waals surface area contributed by atoms with Crippen LogP contribution in [0.15, 0.2) is 70.9 Å². The predicted molar refractivity (Wildman–Crippen MR) is 116 cm³/mol. The highest BCUT2D eigenvalue weighted by molar-refractivity contribution is 7.92. The van der Waals surface area contributed by atoms with Gasteiger partial charge in [-0.1, -0.05) is 25.1 Å². The number of carbonyl (C=O) groups excluding carboxylic acids is 1. The molecular formula is C22H22N2O3S2. The van der Waals surface area contributed by atoms with E-state index in [4.69, 9.17) is 0 Å². The van der Waals surface area contributed by atoms with Crippen LogP contribution in [-0.4, -0.2) is 25.8 Å². The fourth-order valence-electron chi connectivity index (χ4n) is 3.74. The molecule has 150 valence electrons. The number of carbonyl (C=O) groups is 1.